The molecule has 0 spiro atoms. The molecule has 1 saturated carbocycles. The molecular weight excluding hydrogens is 164 g/mol. The monoisotopic (exact) mass is 178 g/mol. The molecule has 3 rings (SSSR count). The summed E-state index contributed by atoms with van der Waals surface area (Å²) in [4.78, 5) is 6.89. The van der Waals surface area contributed by atoms with E-state index in [2.05, 4.69) is 9.88 Å². The lowest BCUT2D eigenvalue weighted by Crippen LogP contribution is -2.31. The highest BCUT2D eigenvalue weighted by Crippen LogP contribution is 2.31. The molecule has 2 aliphatic rings. The Kier molecular flexibility index (Phi) is 1.50. The summed E-state index contributed by atoms with van der Waals surface area (Å²) in [5.74, 6) is 1.93. The van der Waals surface area contributed by atoms with Crippen molar-refractivity contribution in [3.8, 4) is 0 Å². The molecule has 70 valence electrons. The molecule has 3 nitrogen and oxygen atoms in total. The first-order valence-electron chi connectivity index (χ1n) is 5.02. The van der Waals surface area contributed by atoms with Gasteiger partial charge in [-0.15, -0.1) is 0 Å². The number of oxazole rings is 1. The number of fused-ring (bicyclic) bond motifs is 1. The maximum Gasteiger partial charge on any atom is 0.191 e. The Bertz CT molecular complexity index is 328. The van der Waals surface area contributed by atoms with E-state index in [-0.39, 0.29) is 0 Å². The third-order valence-electron chi connectivity index (χ3n) is 2.93. The van der Waals surface area contributed by atoms with Crippen molar-refractivity contribution in [2.24, 2.45) is 0 Å². The van der Waals surface area contributed by atoms with Crippen LogP contribution in [-0.4, -0.2) is 22.5 Å². The second kappa shape index (κ2) is 2.58. The fourth-order valence-electron chi connectivity index (χ4n) is 2.10. The number of aryl methyl sites for hydroxylation is 1. The van der Waals surface area contributed by atoms with Crippen LogP contribution in [0.5, 0.6) is 0 Å². The Labute approximate surface area is 77.7 Å². The molecule has 0 aromatic carbocycles. The minimum absolute atomic E-state index is 0.822. The summed E-state index contributed by atoms with van der Waals surface area (Å²) in [5, 5.41) is 0. The SMILES string of the molecule is Cc1nc2c(o1)CN(C1CC1)CC2. The average molecular weight is 178 g/mol. The number of nitrogens with zero attached hydrogens (tertiary/aromatic N) is 2. The Morgan fingerprint density at radius 2 is 2.31 bits per heavy atom. The second-order valence-electron chi connectivity index (χ2n) is 4.05. The molecule has 1 aromatic heterocycles. The highest BCUT2D eigenvalue weighted by molar-refractivity contribution is 5.14. The number of aromatic nitrogens is 1. The Hall–Kier alpha value is -0.830. The molecule has 3 heteroatoms. The van der Waals surface area contributed by atoms with Crippen LogP contribution in [-0.2, 0) is 13.0 Å². The van der Waals surface area contributed by atoms with Crippen molar-refractivity contribution >= 4 is 0 Å². The average Bonchev–Trinajstić information content (AvgIpc) is 2.87. The summed E-state index contributed by atoms with van der Waals surface area (Å²) >= 11 is 0. The quantitative estimate of drug-likeness (QED) is 0.652. The van der Waals surface area contributed by atoms with Crippen LogP contribution < -0.4 is 0 Å². The predicted molar refractivity (Wildman–Crippen MR) is 48.4 cm³/mol. The van der Waals surface area contributed by atoms with Gasteiger partial charge >= 0.3 is 0 Å². The van der Waals surface area contributed by atoms with Crippen LogP contribution in [0.15, 0.2) is 4.42 Å². The van der Waals surface area contributed by atoms with Crippen molar-refractivity contribution in [2.45, 2.75) is 38.8 Å². The van der Waals surface area contributed by atoms with Crippen LogP contribution in [0.3, 0.4) is 0 Å². The first-order valence-corrected chi connectivity index (χ1v) is 5.02. The maximum atomic E-state index is 5.56. The minimum atomic E-state index is 0.822. The van der Waals surface area contributed by atoms with Crippen LogP contribution in [0.4, 0.5) is 0 Å². The topological polar surface area (TPSA) is 29.3 Å². The van der Waals surface area contributed by atoms with Gasteiger partial charge in [-0.3, -0.25) is 4.90 Å². The standard InChI is InChI=1S/C10H14N2O/c1-7-11-9-4-5-12(8-2-3-8)6-10(9)13-7/h8H,2-6H2,1H3. The zero-order chi connectivity index (χ0) is 8.84. The van der Waals surface area contributed by atoms with E-state index >= 15 is 0 Å². The third-order valence-corrected chi connectivity index (χ3v) is 2.93. The van der Waals surface area contributed by atoms with Gasteiger partial charge in [0.15, 0.2) is 5.89 Å². The van der Waals surface area contributed by atoms with Crippen molar-refractivity contribution in [3.63, 3.8) is 0 Å². The largest absolute Gasteiger partial charge is 0.444 e. The molecule has 0 N–H and O–H groups in total. The van der Waals surface area contributed by atoms with Gasteiger partial charge in [0.05, 0.1) is 12.2 Å². The number of hydrogen-bond donors (Lipinski definition) is 0. The van der Waals surface area contributed by atoms with E-state index in [9.17, 15) is 0 Å². The zero-order valence-corrected chi connectivity index (χ0v) is 7.92. The van der Waals surface area contributed by atoms with Crippen LogP contribution in [0, 0.1) is 6.92 Å². The van der Waals surface area contributed by atoms with E-state index in [0.717, 1.165) is 30.7 Å². The van der Waals surface area contributed by atoms with E-state index in [4.69, 9.17) is 4.42 Å². The summed E-state index contributed by atoms with van der Waals surface area (Å²) in [6.45, 7) is 4.09. The van der Waals surface area contributed by atoms with Crippen LogP contribution >= 0.6 is 0 Å². The van der Waals surface area contributed by atoms with Crippen LogP contribution in [0.1, 0.15) is 30.2 Å². The molecule has 1 aromatic rings. The molecule has 1 aliphatic carbocycles. The Morgan fingerprint density at radius 3 is 3.08 bits per heavy atom. The molecule has 2 heterocycles. The summed E-state index contributed by atoms with van der Waals surface area (Å²) in [5.41, 5.74) is 1.19. The third kappa shape index (κ3) is 1.27. The van der Waals surface area contributed by atoms with E-state index < -0.39 is 0 Å². The van der Waals surface area contributed by atoms with Gasteiger partial charge in [0.25, 0.3) is 0 Å². The van der Waals surface area contributed by atoms with Crippen LogP contribution in [0.2, 0.25) is 0 Å². The predicted octanol–water partition coefficient (Wildman–Crippen LogP) is 1.50. The van der Waals surface area contributed by atoms with Crippen LogP contribution in [0.25, 0.3) is 0 Å². The highest BCUT2D eigenvalue weighted by Gasteiger charge is 2.32. The molecular formula is C10H14N2O. The molecule has 1 aliphatic heterocycles. The van der Waals surface area contributed by atoms with Gasteiger partial charge in [-0.1, -0.05) is 0 Å². The van der Waals surface area contributed by atoms with Gasteiger partial charge in [0.1, 0.15) is 5.76 Å². The van der Waals surface area contributed by atoms with Gasteiger partial charge in [-0.2, -0.15) is 0 Å². The lowest BCUT2D eigenvalue weighted by molar-refractivity contribution is 0.218. The van der Waals surface area contributed by atoms with Gasteiger partial charge in [-0.25, -0.2) is 4.98 Å². The Balaban J connectivity index is 1.85. The van der Waals surface area contributed by atoms with Crippen molar-refractivity contribution in [2.75, 3.05) is 6.54 Å². The summed E-state index contributed by atoms with van der Waals surface area (Å²) in [7, 11) is 0. The first kappa shape index (κ1) is 7.56. The smallest absolute Gasteiger partial charge is 0.191 e. The molecule has 0 saturated heterocycles. The maximum absolute atomic E-state index is 5.56. The van der Waals surface area contributed by atoms with Gasteiger partial charge in [0.2, 0.25) is 0 Å². The normalized spacial score (nSPS) is 23.2. The molecule has 0 radical (unpaired) electrons. The van der Waals surface area contributed by atoms with Crippen molar-refractivity contribution < 1.29 is 4.42 Å². The molecule has 0 unspecified atom stereocenters. The Morgan fingerprint density at radius 1 is 1.46 bits per heavy atom. The fourth-order valence-corrected chi connectivity index (χ4v) is 2.10. The fraction of sp³-hybridized carbons (Fsp3) is 0.700. The molecule has 1 fully saturated rings. The van der Waals surface area contributed by atoms with E-state index in [1.54, 1.807) is 0 Å². The first-order chi connectivity index (χ1) is 6.33. The molecule has 13 heavy (non-hydrogen) atoms. The zero-order valence-electron chi connectivity index (χ0n) is 7.92. The highest BCUT2D eigenvalue weighted by atomic mass is 16.4. The lowest BCUT2D eigenvalue weighted by atomic mass is 10.1. The number of rotatable bonds is 1. The molecule has 0 bridgehead atoms. The number of hydrogen-bond acceptors (Lipinski definition) is 3. The van der Waals surface area contributed by atoms with E-state index in [0.29, 0.717) is 0 Å². The van der Waals surface area contributed by atoms with Gasteiger partial charge < -0.3 is 4.42 Å². The van der Waals surface area contributed by atoms with E-state index in [1.165, 1.54) is 25.1 Å². The molecule has 0 amide bonds. The summed E-state index contributed by atoms with van der Waals surface area (Å²) in [6.07, 6.45) is 3.83. The summed E-state index contributed by atoms with van der Waals surface area (Å²) < 4.78 is 5.56. The molecule has 0 atom stereocenters. The van der Waals surface area contributed by atoms with Crippen molar-refractivity contribution in [3.05, 3.63) is 17.3 Å². The second-order valence-corrected chi connectivity index (χ2v) is 4.05. The van der Waals surface area contributed by atoms with E-state index in [1.807, 2.05) is 6.92 Å². The minimum Gasteiger partial charge on any atom is -0.444 e. The lowest BCUT2D eigenvalue weighted by Gasteiger charge is -2.24. The summed E-state index contributed by atoms with van der Waals surface area (Å²) in [6, 6.07) is 0.846. The van der Waals surface area contributed by atoms with Gasteiger partial charge in [-0.05, 0) is 12.8 Å². The van der Waals surface area contributed by atoms with Crippen molar-refractivity contribution in [1.82, 2.24) is 9.88 Å². The van der Waals surface area contributed by atoms with Gasteiger partial charge in [0, 0.05) is 25.9 Å². The van der Waals surface area contributed by atoms with Crippen molar-refractivity contribution in [1.29, 1.82) is 0 Å².